The number of ether oxygens (including phenoxy) is 1. The fraction of sp³-hybridized carbons (Fsp3) is 0.500. The molecule has 98 valence electrons. The van der Waals surface area contributed by atoms with Crippen LogP contribution in [0.3, 0.4) is 0 Å². The smallest absolute Gasteiger partial charge is 0.165 e. The highest BCUT2D eigenvalue weighted by molar-refractivity contribution is 5.99. The van der Waals surface area contributed by atoms with Crippen LogP contribution in [0.4, 0.5) is 4.39 Å². The van der Waals surface area contributed by atoms with Crippen molar-refractivity contribution >= 4 is 5.84 Å². The van der Waals surface area contributed by atoms with E-state index in [0.717, 1.165) is 37.3 Å². The number of hydrogen-bond acceptors (Lipinski definition) is 3. The minimum Gasteiger partial charge on any atom is -0.488 e. The summed E-state index contributed by atoms with van der Waals surface area (Å²) in [6.07, 6.45) is 1.91. The minimum atomic E-state index is -0.331. The predicted octanol–water partition coefficient (Wildman–Crippen LogP) is 2.74. The Kier molecular flexibility index (Phi) is 4.18. The first-order chi connectivity index (χ1) is 8.70. The molecule has 1 aromatic rings. The highest BCUT2D eigenvalue weighted by Gasteiger charge is 2.12. The lowest BCUT2D eigenvalue weighted by Gasteiger charge is -2.16. The summed E-state index contributed by atoms with van der Waals surface area (Å²) in [5, 5.41) is 3.18. The molecule has 0 aliphatic carbocycles. The molecule has 2 rings (SSSR count). The van der Waals surface area contributed by atoms with Crippen molar-refractivity contribution in [1.82, 2.24) is 5.32 Å². The van der Waals surface area contributed by atoms with Gasteiger partial charge < -0.3 is 10.1 Å². The van der Waals surface area contributed by atoms with Gasteiger partial charge in [0.05, 0.1) is 6.10 Å². The van der Waals surface area contributed by atoms with E-state index in [1.165, 1.54) is 6.07 Å². The van der Waals surface area contributed by atoms with Crippen molar-refractivity contribution < 1.29 is 9.13 Å². The van der Waals surface area contributed by atoms with Gasteiger partial charge in [0.25, 0.3) is 0 Å². The van der Waals surface area contributed by atoms with Crippen LogP contribution < -0.4 is 10.1 Å². The first-order valence-electron chi connectivity index (χ1n) is 6.45. The second-order valence-electron chi connectivity index (χ2n) is 4.49. The molecule has 0 amide bonds. The Bertz CT molecular complexity index is 445. The second kappa shape index (κ2) is 5.85. The highest BCUT2D eigenvalue weighted by Crippen LogP contribution is 2.20. The molecule has 0 spiro atoms. The Labute approximate surface area is 107 Å². The molecule has 0 saturated heterocycles. The Morgan fingerprint density at radius 1 is 1.50 bits per heavy atom. The third-order valence-corrected chi connectivity index (χ3v) is 3.01. The van der Waals surface area contributed by atoms with Crippen LogP contribution in [0, 0.1) is 5.82 Å². The van der Waals surface area contributed by atoms with Gasteiger partial charge in [0.15, 0.2) is 11.6 Å². The molecule has 1 aliphatic heterocycles. The summed E-state index contributed by atoms with van der Waals surface area (Å²) >= 11 is 0. The Morgan fingerprint density at radius 3 is 2.94 bits per heavy atom. The Hall–Kier alpha value is -1.58. The van der Waals surface area contributed by atoms with E-state index < -0.39 is 0 Å². The summed E-state index contributed by atoms with van der Waals surface area (Å²) in [6, 6.07) is 5.00. The molecule has 1 unspecified atom stereocenters. The molecule has 1 aromatic carbocycles. The predicted molar refractivity (Wildman–Crippen MR) is 70.8 cm³/mol. The summed E-state index contributed by atoms with van der Waals surface area (Å²) in [7, 11) is 0. The summed E-state index contributed by atoms with van der Waals surface area (Å²) in [4.78, 5) is 4.35. The maximum atomic E-state index is 13.9. The molecular weight excluding hydrogens is 231 g/mol. The standard InChI is InChI=1S/C14H19FN2O/c1-3-10(2)18-13-6-5-11(9-12(13)15)14-16-7-4-8-17-14/h5-6,9-10H,3-4,7-8H2,1-2H3,(H,16,17). The van der Waals surface area contributed by atoms with Crippen molar-refractivity contribution in [2.24, 2.45) is 4.99 Å². The van der Waals surface area contributed by atoms with E-state index >= 15 is 0 Å². The van der Waals surface area contributed by atoms with E-state index in [9.17, 15) is 4.39 Å². The van der Waals surface area contributed by atoms with Crippen LogP contribution in [-0.2, 0) is 0 Å². The van der Waals surface area contributed by atoms with Gasteiger partial charge in [0.2, 0.25) is 0 Å². The quantitative estimate of drug-likeness (QED) is 0.891. The molecule has 4 heteroatoms. The highest BCUT2D eigenvalue weighted by atomic mass is 19.1. The largest absolute Gasteiger partial charge is 0.488 e. The lowest BCUT2D eigenvalue weighted by atomic mass is 10.1. The number of aliphatic imine (C=N–C) groups is 1. The zero-order valence-corrected chi connectivity index (χ0v) is 10.9. The molecule has 0 aromatic heterocycles. The van der Waals surface area contributed by atoms with Gasteiger partial charge in [-0.1, -0.05) is 6.92 Å². The topological polar surface area (TPSA) is 33.6 Å². The van der Waals surface area contributed by atoms with Gasteiger partial charge in [-0.05, 0) is 38.0 Å². The molecule has 0 saturated carbocycles. The lowest BCUT2D eigenvalue weighted by molar-refractivity contribution is 0.208. The molecule has 0 fully saturated rings. The molecular formula is C14H19FN2O. The van der Waals surface area contributed by atoms with Crippen LogP contribution in [-0.4, -0.2) is 25.0 Å². The number of rotatable bonds is 4. The van der Waals surface area contributed by atoms with Gasteiger partial charge in [0.1, 0.15) is 5.84 Å². The average molecular weight is 250 g/mol. The first kappa shape index (κ1) is 12.9. The molecule has 1 atom stereocenters. The van der Waals surface area contributed by atoms with Gasteiger partial charge in [-0.25, -0.2) is 4.39 Å². The number of nitrogens with zero attached hydrogens (tertiary/aromatic N) is 1. The zero-order chi connectivity index (χ0) is 13.0. The van der Waals surface area contributed by atoms with Crippen molar-refractivity contribution in [1.29, 1.82) is 0 Å². The lowest BCUT2D eigenvalue weighted by Crippen LogP contribution is -2.30. The van der Waals surface area contributed by atoms with Crippen molar-refractivity contribution in [3.05, 3.63) is 29.6 Å². The zero-order valence-electron chi connectivity index (χ0n) is 10.9. The summed E-state index contributed by atoms with van der Waals surface area (Å²) in [5.41, 5.74) is 0.781. The second-order valence-corrected chi connectivity index (χ2v) is 4.49. The van der Waals surface area contributed by atoms with Gasteiger partial charge in [0, 0.05) is 18.7 Å². The molecule has 1 aliphatic rings. The van der Waals surface area contributed by atoms with E-state index in [2.05, 4.69) is 10.3 Å². The van der Waals surface area contributed by atoms with Crippen molar-refractivity contribution in [3.8, 4) is 5.75 Å². The normalized spacial score (nSPS) is 16.7. The van der Waals surface area contributed by atoms with E-state index in [4.69, 9.17) is 4.74 Å². The summed E-state index contributed by atoms with van der Waals surface area (Å²) in [5.74, 6) is 0.752. The summed E-state index contributed by atoms with van der Waals surface area (Å²) in [6.45, 7) is 5.64. The van der Waals surface area contributed by atoms with Crippen LogP contribution in [0.25, 0.3) is 0 Å². The minimum absolute atomic E-state index is 0.0236. The van der Waals surface area contributed by atoms with Crippen LogP contribution >= 0.6 is 0 Å². The molecule has 0 radical (unpaired) electrons. The average Bonchev–Trinajstić information content (AvgIpc) is 2.42. The van der Waals surface area contributed by atoms with Gasteiger partial charge in [-0.15, -0.1) is 0 Å². The maximum Gasteiger partial charge on any atom is 0.165 e. The van der Waals surface area contributed by atoms with Crippen LogP contribution in [0.5, 0.6) is 5.75 Å². The van der Waals surface area contributed by atoms with Crippen molar-refractivity contribution in [3.63, 3.8) is 0 Å². The fourth-order valence-corrected chi connectivity index (χ4v) is 1.77. The SMILES string of the molecule is CCC(C)Oc1ccc(C2=NCCCN2)cc1F. The number of nitrogens with one attached hydrogen (secondary N) is 1. The fourth-order valence-electron chi connectivity index (χ4n) is 1.77. The van der Waals surface area contributed by atoms with Gasteiger partial charge >= 0.3 is 0 Å². The van der Waals surface area contributed by atoms with Gasteiger partial charge in [-0.3, -0.25) is 4.99 Å². The third kappa shape index (κ3) is 3.00. The van der Waals surface area contributed by atoms with E-state index in [0.29, 0.717) is 5.75 Å². The molecule has 3 nitrogen and oxygen atoms in total. The third-order valence-electron chi connectivity index (χ3n) is 3.01. The number of benzene rings is 1. The van der Waals surface area contributed by atoms with Crippen LogP contribution in [0.15, 0.2) is 23.2 Å². The Morgan fingerprint density at radius 2 is 2.33 bits per heavy atom. The van der Waals surface area contributed by atoms with E-state index in [1.807, 2.05) is 19.9 Å². The van der Waals surface area contributed by atoms with Crippen LogP contribution in [0.2, 0.25) is 0 Å². The monoisotopic (exact) mass is 250 g/mol. The molecule has 0 bridgehead atoms. The number of amidine groups is 1. The Balaban J connectivity index is 2.16. The van der Waals surface area contributed by atoms with Crippen molar-refractivity contribution in [2.45, 2.75) is 32.8 Å². The van der Waals surface area contributed by atoms with E-state index in [-0.39, 0.29) is 11.9 Å². The van der Waals surface area contributed by atoms with Crippen molar-refractivity contribution in [2.75, 3.05) is 13.1 Å². The van der Waals surface area contributed by atoms with Crippen LogP contribution in [0.1, 0.15) is 32.3 Å². The maximum absolute atomic E-state index is 13.9. The number of hydrogen-bond donors (Lipinski definition) is 1. The first-order valence-corrected chi connectivity index (χ1v) is 6.45. The molecule has 1 N–H and O–H groups in total. The van der Waals surface area contributed by atoms with Gasteiger partial charge in [-0.2, -0.15) is 0 Å². The number of halogens is 1. The molecule has 1 heterocycles. The molecule has 18 heavy (non-hydrogen) atoms. The summed E-state index contributed by atoms with van der Waals surface area (Å²) < 4.78 is 19.4. The van der Waals surface area contributed by atoms with E-state index in [1.54, 1.807) is 6.07 Å².